The quantitative estimate of drug-likeness (QED) is 0.406. The van der Waals surface area contributed by atoms with Gasteiger partial charge in [-0.25, -0.2) is 19.1 Å². The summed E-state index contributed by atoms with van der Waals surface area (Å²) >= 11 is 12.7. The number of carbonyl (C=O) groups is 1. The zero-order chi connectivity index (χ0) is 29.7. The zero-order valence-electron chi connectivity index (χ0n) is 24.7. The first-order chi connectivity index (χ1) is 18.5. The number of aryl methyl sites for hydroxylation is 1. The van der Waals surface area contributed by atoms with Gasteiger partial charge in [0.05, 0.1) is 21.8 Å². The first-order valence-electron chi connectivity index (χ1n) is 13.5. The van der Waals surface area contributed by atoms with Gasteiger partial charge in [-0.15, -0.1) is 0 Å². The van der Waals surface area contributed by atoms with Crippen molar-refractivity contribution in [1.29, 1.82) is 0 Å². The molecule has 1 saturated heterocycles. The monoisotopic (exact) mass is 549 g/mol. The van der Waals surface area contributed by atoms with Crippen molar-refractivity contribution in [1.82, 2.24) is 24.4 Å². The van der Waals surface area contributed by atoms with E-state index in [1.807, 2.05) is 46.4 Å². The molecular weight excluding hydrogens is 515 g/mol. The van der Waals surface area contributed by atoms with E-state index in [9.17, 15) is 9.59 Å². The molecule has 0 bridgehead atoms. The fraction of sp³-hybridized carbons (Fsp3) is 0.500. The van der Waals surface area contributed by atoms with Gasteiger partial charge in [0, 0.05) is 36.0 Å². The first kappa shape index (κ1) is 23.2. The fourth-order valence-corrected chi connectivity index (χ4v) is 4.68. The van der Waals surface area contributed by atoms with Crippen LogP contribution in [-0.4, -0.2) is 61.8 Å². The Bertz CT molecular complexity index is 1520. The van der Waals surface area contributed by atoms with Crippen molar-refractivity contribution in [3.05, 3.63) is 50.2 Å². The highest BCUT2D eigenvalue weighted by molar-refractivity contribution is 6.41. The van der Waals surface area contributed by atoms with Crippen molar-refractivity contribution in [2.75, 3.05) is 24.5 Å². The van der Waals surface area contributed by atoms with Gasteiger partial charge in [0.2, 0.25) is 0 Å². The molecule has 37 heavy (non-hydrogen) atoms. The van der Waals surface area contributed by atoms with Crippen LogP contribution >= 0.6 is 23.2 Å². The second-order valence-corrected chi connectivity index (χ2v) is 11.2. The Balaban J connectivity index is 1.91. The number of pyridine rings is 2. The highest BCUT2D eigenvalue weighted by Gasteiger charge is 2.32. The summed E-state index contributed by atoms with van der Waals surface area (Å²) in [5, 5.41) is 0.503. The van der Waals surface area contributed by atoms with Gasteiger partial charge < -0.3 is 14.5 Å². The van der Waals surface area contributed by atoms with Crippen LogP contribution in [0.1, 0.15) is 62.8 Å². The molecule has 4 rings (SSSR count). The summed E-state index contributed by atoms with van der Waals surface area (Å²) < 4.78 is 31.1. The van der Waals surface area contributed by atoms with Crippen LogP contribution in [0.4, 0.5) is 10.6 Å². The molecule has 0 N–H and O–H groups in total. The van der Waals surface area contributed by atoms with Crippen LogP contribution in [0.5, 0.6) is 0 Å². The zero-order valence-corrected chi connectivity index (χ0v) is 23.2. The maximum absolute atomic E-state index is 13.8. The number of halogens is 2. The molecule has 1 atom stereocenters. The summed E-state index contributed by atoms with van der Waals surface area (Å²) in [5.74, 6) is 0.0896. The second kappa shape index (κ2) is 10.1. The fourth-order valence-electron chi connectivity index (χ4n) is 4.40. The molecule has 0 spiro atoms. The van der Waals surface area contributed by atoms with E-state index in [4.69, 9.17) is 32.1 Å². The molecule has 0 aliphatic carbocycles. The van der Waals surface area contributed by atoms with E-state index in [-0.39, 0.29) is 39.0 Å². The molecule has 11 heteroatoms. The predicted molar refractivity (Wildman–Crippen MR) is 146 cm³/mol. The Morgan fingerprint density at radius 3 is 2.59 bits per heavy atom. The molecule has 1 amide bonds. The standard InChI is InChI=1S/C26H32Cl2N6O3/c1-14(2)19-20(15(3)8-9-29-19)34-23-17(12-18(27)21(28)30-23)22(31-24(34)35)33-11-10-32(13-16(33)4)25(36)37-26(5,6)7/h8-9,12,14,16H,10-11,13H2,1-7H3/t16-/m0/s1/i3D3. The van der Waals surface area contributed by atoms with Gasteiger partial charge in [0.15, 0.2) is 5.65 Å². The lowest BCUT2D eigenvalue weighted by atomic mass is 10.0. The van der Waals surface area contributed by atoms with Crippen molar-refractivity contribution in [2.24, 2.45) is 0 Å². The molecular formula is C26H32Cl2N6O3. The number of rotatable bonds is 3. The van der Waals surface area contributed by atoms with Crippen LogP contribution in [0.15, 0.2) is 23.1 Å². The summed E-state index contributed by atoms with van der Waals surface area (Å²) in [6.45, 7) is 9.52. The topological polar surface area (TPSA) is 93.5 Å². The summed E-state index contributed by atoms with van der Waals surface area (Å²) in [4.78, 5) is 43.2. The summed E-state index contributed by atoms with van der Waals surface area (Å²) in [5.41, 5.74) is -0.826. The van der Waals surface area contributed by atoms with Crippen LogP contribution in [0.2, 0.25) is 10.2 Å². The van der Waals surface area contributed by atoms with Gasteiger partial charge in [-0.1, -0.05) is 37.0 Å². The van der Waals surface area contributed by atoms with Gasteiger partial charge in [0.25, 0.3) is 0 Å². The normalized spacial score (nSPS) is 18.1. The summed E-state index contributed by atoms with van der Waals surface area (Å²) in [6.07, 6.45) is 0.997. The first-order valence-corrected chi connectivity index (χ1v) is 12.8. The lowest BCUT2D eigenvalue weighted by Crippen LogP contribution is -2.55. The van der Waals surface area contributed by atoms with E-state index in [0.29, 0.717) is 36.5 Å². The van der Waals surface area contributed by atoms with E-state index in [0.717, 1.165) is 4.57 Å². The maximum atomic E-state index is 13.8. The van der Waals surface area contributed by atoms with E-state index in [1.54, 1.807) is 11.0 Å². The Morgan fingerprint density at radius 1 is 1.24 bits per heavy atom. The van der Waals surface area contributed by atoms with Crippen LogP contribution in [-0.2, 0) is 4.74 Å². The Labute approximate surface area is 230 Å². The average molecular weight is 551 g/mol. The smallest absolute Gasteiger partial charge is 0.410 e. The van der Waals surface area contributed by atoms with E-state index in [1.165, 1.54) is 12.3 Å². The van der Waals surface area contributed by atoms with Crippen molar-refractivity contribution >= 4 is 46.1 Å². The number of piperazine rings is 1. The van der Waals surface area contributed by atoms with Gasteiger partial charge in [0.1, 0.15) is 16.6 Å². The molecule has 1 fully saturated rings. The minimum atomic E-state index is -2.55. The Kier molecular flexibility index (Phi) is 6.34. The molecule has 4 heterocycles. The number of fused-ring (bicyclic) bond motifs is 1. The lowest BCUT2D eigenvalue weighted by Gasteiger charge is -2.41. The molecule has 3 aromatic rings. The van der Waals surface area contributed by atoms with E-state index >= 15 is 0 Å². The molecule has 198 valence electrons. The second-order valence-electron chi connectivity index (χ2n) is 10.4. The largest absolute Gasteiger partial charge is 0.444 e. The molecule has 0 aromatic carbocycles. The van der Waals surface area contributed by atoms with Crippen LogP contribution in [0.25, 0.3) is 16.7 Å². The van der Waals surface area contributed by atoms with Gasteiger partial charge in [-0.2, -0.15) is 4.98 Å². The lowest BCUT2D eigenvalue weighted by molar-refractivity contribution is 0.0218. The van der Waals surface area contributed by atoms with Crippen LogP contribution in [0, 0.1) is 6.85 Å². The van der Waals surface area contributed by atoms with Crippen LogP contribution < -0.4 is 10.6 Å². The molecule has 0 radical (unpaired) electrons. The van der Waals surface area contributed by atoms with Crippen molar-refractivity contribution in [3.8, 4) is 5.69 Å². The number of amides is 1. The highest BCUT2D eigenvalue weighted by atomic mass is 35.5. The van der Waals surface area contributed by atoms with Crippen molar-refractivity contribution in [2.45, 2.75) is 66.0 Å². The van der Waals surface area contributed by atoms with Gasteiger partial charge in [-0.3, -0.25) is 4.98 Å². The SMILES string of the molecule is [2H]C([2H])([2H])c1ccnc(C(C)C)c1-n1c(=O)nc(N2CCN(C(=O)OC(C)(C)C)C[C@@H]2C)c2cc(Cl)c(Cl)nc21. The molecule has 0 saturated carbocycles. The number of ether oxygens (including phenoxy) is 1. The third-order valence-corrected chi connectivity index (χ3v) is 6.71. The number of aromatic nitrogens is 4. The number of nitrogens with zero attached hydrogens (tertiary/aromatic N) is 6. The minimum Gasteiger partial charge on any atom is -0.444 e. The Morgan fingerprint density at radius 2 is 1.97 bits per heavy atom. The third-order valence-electron chi connectivity index (χ3n) is 6.03. The molecule has 3 aromatic heterocycles. The number of carbonyl (C=O) groups excluding carboxylic acids is 1. The maximum Gasteiger partial charge on any atom is 0.410 e. The third kappa shape index (κ3) is 5.38. The number of hydrogen-bond acceptors (Lipinski definition) is 7. The highest BCUT2D eigenvalue weighted by Crippen LogP contribution is 2.33. The van der Waals surface area contributed by atoms with Gasteiger partial charge in [-0.05, 0) is 58.2 Å². The molecule has 1 aliphatic rings. The van der Waals surface area contributed by atoms with Crippen molar-refractivity contribution < 1.29 is 13.6 Å². The predicted octanol–water partition coefficient (Wildman–Crippen LogP) is 5.36. The van der Waals surface area contributed by atoms with Gasteiger partial charge >= 0.3 is 11.8 Å². The Hall–Kier alpha value is -2.91. The van der Waals surface area contributed by atoms with Crippen molar-refractivity contribution in [3.63, 3.8) is 0 Å². The van der Waals surface area contributed by atoms with E-state index < -0.39 is 24.2 Å². The molecule has 0 unspecified atom stereocenters. The molecule has 9 nitrogen and oxygen atoms in total. The minimum absolute atomic E-state index is 0.0484. The van der Waals surface area contributed by atoms with Crippen LogP contribution in [0.3, 0.4) is 0 Å². The number of hydrogen-bond donors (Lipinski definition) is 0. The van der Waals surface area contributed by atoms with E-state index in [2.05, 4.69) is 15.0 Å². The number of anilines is 1. The summed E-state index contributed by atoms with van der Waals surface area (Å²) in [7, 11) is 0. The summed E-state index contributed by atoms with van der Waals surface area (Å²) in [6, 6.07) is 2.69. The average Bonchev–Trinajstić information content (AvgIpc) is 2.83. The molecule has 1 aliphatic heterocycles.